The number of fused-ring (bicyclic) bond motifs is 1. The van der Waals surface area contributed by atoms with Gasteiger partial charge in [0.1, 0.15) is 17.2 Å². The highest BCUT2D eigenvalue weighted by Crippen LogP contribution is 2.23. The maximum absolute atomic E-state index is 13.2. The minimum absolute atomic E-state index is 0.0441. The number of carbonyl (C=O) groups excluding carboxylic acids is 1. The van der Waals surface area contributed by atoms with Gasteiger partial charge in [0.2, 0.25) is 0 Å². The molecule has 5 rings (SSSR count). The lowest BCUT2D eigenvalue weighted by Crippen LogP contribution is -2.54. The van der Waals surface area contributed by atoms with Gasteiger partial charge in [-0.05, 0) is 35.9 Å². The molecule has 8 heteroatoms. The molecule has 1 amide bonds. The molecule has 7 nitrogen and oxygen atoms in total. The third-order valence-corrected chi connectivity index (χ3v) is 5.01. The molecule has 29 heavy (non-hydrogen) atoms. The number of nitrogens with one attached hydrogen (secondary N) is 2. The van der Waals surface area contributed by atoms with Crippen molar-refractivity contribution in [1.29, 1.82) is 0 Å². The lowest BCUT2D eigenvalue weighted by Gasteiger charge is -2.38. The van der Waals surface area contributed by atoms with Gasteiger partial charge in [0.15, 0.2) is 0 Å². The van der Waals surface area contributed by atoms with Crippen LogP contribution < -0.4 is 0 Å². The van der Waals surface area contributed by atoms with Gasteiger partial charge >= 0.3 is 0 Å². The number of benzene rings is 1. The van der Waals surface area contributed by atoms with E-state index in [1.165, 1.54) is 12.1 Å². The van der Waals surface area contributed by atoms with Gasteiger partial charge in [-0.1, -0.05) is 12.1 Å². The van der Waals surface area contributed by atoms with Crippen molar-refractivity contribution >= 4 is 16.9 Å². The van der Waals surface area contributed by atoms with E-state index >= 15 is 0 Å². The monoisotopic (exact) mass is 391 g/mol. The van der Waals surface area contributed by atoms with E-state index in [9.17, 15) is 9.18 Å². The predicted octanol–water partition coefficient (Wildman–Crippen LogP) is 3.13. The van der Waals surface area contributed by atoms with Crippen LogP contribution in [0.15, 0.2) is 54.9 Å². The van der Waals surface area contributed by atoms with Crippen LogP contribution in [0.25, 0.3) is 22.3 Å². The van der Waals surface area contributed by atoms with Crippen molar-refractivity contribution in [2.75, 3.05) is 13.1 Å². The third kappa shape index (κ3) is 3.50. The highest BCUT2D eigenvalue weighted by Gasteiger charge is 2.32. The van der Waals surface area contributed by atoms with Gasteiger partial charge in [0, 0.05) is 30.2 Å². The zero-order valence-electron chi connectivity index (χ0n) is 15.4. The SMILES string of the molecule is O=C(c1cc2ccc(-c3cn[nH]c3)nc2[nH]1)N1CC(OCc2cccc(F)c2)C1. The standard InChI is InChI=1S/C21H18FN5O2/c22-16-3-1-2-13(6-16)12-29-17-10-27(11-17)21(28)19-7-14-4-5-18(25-20(14)26-19)15-8-23-24-9-15/h1-9,17H,10-12H2,(H,23,24)(H,25,26). The molecule has 0 unspecified atom stereocenters. The molecular formula is C21H18FN5O2. The fraction of sp³-hybridized carbons (Fsp3) is 0.190. The summed E-state index contributed by atoms with van der Waals surface area (Å²) in [7, 11) is 0. The summed E-state index contributed by atoms with van der Waals surface area (Å²) in [6.07, 6.45) is 3.43. The molecule has 0 atom stereocenters. The first-order valence-corrected chi connectivity index (χ1v) is 9.30. The Morgan fingerprint density at radius 1 is 1.24 bits per heavy atom. The topological polar surface area (TPSA) is 86.9 Å². The van der Waals surface area contributed by atoms with Gasteiger partial charge in [-0.2, -0.15) is 5.10 Å². The van der Waals surface area contributed by atoms with Crippen LogP contribution in [0.3, 0.4) is 0 Å². The number of hydrogen-bond acceptors (Lipinski definition) is 4. The number of aromatic amines is 2. The second kappa shape index (κ2) is 7.14. The van der Waals surface area contributed by atoms with Crippen LogP contribution >= 0.6 is 0 Å². The van der Waals surface area contributed by atoms with Crippen LogP contribution in [0.1, 0.15) is 16.1 Å². The van der Waals surface area contributed by atoms with E-state index in [-0.39, 0.29) is 17.8 Å². The Morgan fingerprint density at radius 2 is 2.14 bits per heavy atom. The molecule has 3 aromatic heterocycles. The maximum atomic E-state index is 13.2. The Hall–Kier alpha value is -3.52. The average molecular weight is 391 g/mol. The zero-order valence-corrected chi connectivity index (χ0v) is 15.4. The maximum Gasteiger partial charge on any atom is 0.270 e. The molecule has 2 N–H and O–H groups in total. The first kappa shape index (κ1) is 17.6. The molecule has 0 radical (unpaired) electrons. The van der Waals surface area contributed by atoms with Gasteiger partial charge in [-0.3, -0.25) is 9.89 Å². The van der Waals surface area contributed by atoms with E-state index in [0.29, 0.717) is 31.0 Å². The van der Waals surface area contributed by atoms with Crippen molar-refractivity contribution in [3.05, 3.63) is 71.9 Å². The quantitative estimate of drug-likeness (QED) is 0.547. The van der Waals surface area contributed by atoms with Crippen molar-refractivity contribution in [2.24, 2.45) is 0 Å². The first-order chi connectivity index (χ1) is 14.2. The minimum atomic E-state index is -0.278. The van der Waals surface area contributed by atoms with E-state index in [1.54, 1.807) is 23.4 Å². The van der Waals surface area contributed by atoms with E-state index in [4.69, 9.17) is 4.74 Å². The normalized spacial score (nSPS) is 14.3. The Labute approximate surface area is 165 Å². The second-order valence-electron chi connectivity index (χ2n) is 7.08. The van der Waals surface area contributed by atoms with Crippen molar-refractivity contribution < 1.29 is 13.9 Å². The molecule has 1 saturated heterocycles. The van der Waals surface area contributed by atoms with E-state index in [2.05, 4.69) is 20.2 Å². The number of pyridine rings is 1. The van der Waals surface area contributed by atoms with Crippen LogP contribution in [-0.4, -0.2) is 50.2 Å². The smallest absolute Gasteiger partial charge is 0.270 e. The number of nitrogens with zero attached hydrogens (tertiary/aromatic N) is 3. The summed E-state index contributed by atoms with van der Waals surface area (Å²) in [6.45, 7) is 1.35. The van der Waals surface area contributed by atoms with Crippen LogP contribution in [0, 0.1) is 5.82 Å². The van der Waals surface area contributed by atoms with E-state index in [0.717, 1.165) is 22.2 Å². The zero-order chi connectivity index (χ0) is 19.8. The number of amides is 1. The predicted molar refractivity (Wildman–Crippen MR) is 105 cm³/mol. The molecule has 146 valence electrons. The molecule has 1 aliphatic heterocycles. The summed E-state index contributed by atoms with van der Waals surface area (Å²) in [5, 5.41) is 7.57. The van der Waals surface area contributed by atoms with Crippen LogP contribution in [0.5, 0.6) is 0 Å². The van der Waals surface area contributed by atoms with Crippen LogP contribution in [0.4, 0.5) is 4.39 Å². The molecule has 0 saturated carbocycles. The number of halogens is 1. The number of ether oxygens (including phenoxy) is 1. The van der Waals surface area contributed by atoms with E-state index in [1.807, 2.05) is 24.3 Å². The number of rotatable bonds is 5. The second-order valence-corrected chi connectivity index (χ2v) is 7.08. The molecule has 0 spiro atoms. The molecule has 1 aromatic carbocycles. The van der Waals surface area contributed by atoms with Crippen molar-refractivity contribution in [1.82, 2.24) is 25.1 Å². The summed E-state index contributed by atoms with van der Waals surface area (Å²) in [5.41, 5.74) is 3.61. The van der Waals surface area contributed by atoms with Gasteiger partial charge in [-0.25, -0.2) is 9.37 Å². The average Bonchev–Trinajstić information content (AvgIpc) is 3.35. The molecule has 0 aliphatic carbocycles. The van der Waals surface area contributed by atoms with Crippen molar-refractivity contribution in [3.63, 3.8) is 0 Å². The Morgan fingerprint density at radius 3 is 2.93 bits per heavy atom. The van der Waals surface area contributed by atoms with E-state index < -0.39 is 0 Å². The number of H-pyrrole nitrogens is 2. The number of carbonyl (C=O) groups is 1. The minimum Gasteiger partial charge on any atom is -0.370 e. The summed E-state index contributed by atoms with van der Waals surface area (Å²) in [4.78, 5) is 22.1. The molecule has 4 aromatic rings. The summed E-state index contributed by atoms with van der Waals surface area (Å²) in [6, 6.07) is 12.0. The highest BCUT2D eigenvalue weighted by molar-refractivity contribution is 5.98. The largest absolute Gasteiger partial charge is 0.370 e. The lowest BCUT2D eigenvalue weighted by molar-refractivity contribution is -0.0505. The Bertz CT molecular complexity index is 1170. The lowest BCUT2D eigenvalue weighted by atomic mass is 10.1. The molecule has 4 heterocycles. The summed E-state index contributed by atoms with van der Waals surface area (Å²) < 4.78 is 19.0. The Balaban J connectivity index is 1.22. The third-order valence-electron chi connectivity index (χ3n) is 5.01. The Kier molecular flexibility index (Phi) is 4.33. The molecule has 1 fully saturated rings. The van der Waals surface area contributed by atoms with Crippen molar-refractivity contribution in [2.45, 2.75) is 12.7 Å². The fourth-order valence-corrected chi connectivity index (χ4v) is 3.39. The molecular weight excluding hydrogens is 373 g/mol. The fourth-order valence-electron chi connectivity index (χ4n) is 3.39. The number of aromatic nitrogens is 4. The summed E-state index contributed by atoms with van der Waals surface area (Å²) in [5.74, 6) is -0.363. The van der Waals surface area contributed by atoms with Crippen molar-refractivity contribution in [3.8, 4) is 11.3 Å². The highest BCUT2D eigenvalue weighted by atomic mass is 19.1. The van der Waals surface area contributed by atoms with Crippen LogP contribution in [0.2, 0.25) is 0 Å². The first-order valence-electron chi connectivity index (χ1n) is 9.30. The summed E-state index contributed by atoms with van der Waals surface area (Å²) >= 11 is 0. The van der Waals surface area contributed by atoms with Gasteiger partial charge in [-0.15, -0.1) is 0 Å². The van der Waals surface area contributed by atoms with Gasteiger partial charge < -0.3 is 14.6 Å². The molecule has 1 aliphatic rings. The van der Waals surface area contributed by atoms with Crippen LogP contribution in [-0.2, 0) is 11.3 Å². The van der Waals surface area contributed by atoms with Gasteiger partial charge in [0.25, 0.3) is 5.91 Å². The molecule has 0 bridgehead atoms. The van der Waals surface area contributed by atoms with Gasteiger partial charge in [0.05, 0.1) is 24.6 Å². The number of likely N-dealkylation sites (tertiary alicyclic amines) is 1. The number of hydrogen-bond donors (Lipinski definition) is 2.